The predicted molar refractivity (Wildman–Crippen MR) is 115 cm³/mol. The summed E-state index contributed by atoms with van der Waals surface area (Å²) in [6.07, 6.45) is 10.1. The van der Waals surface area contributed by atoms with Crippen molar-refractivity contribution in [3.05, 3.63) is 36.4 Å². The first kappa shape index (κ1) is 21.0. The predicted octanol–water partition coefficient (Wildman–Crippen LogP) is 5.65. The number of hydrogen-bond acceptors (Lipinski definition) is 5. The first-order chi connectivity index (χ1) is 14.2. The quantitative estimate of drug-likeness (QED) is 0.400. The van der Waals surface area contributed by atoms with Crippen LogP contribution in [0.3, 0.4) is 0 Å². The van der Waals surface area contributed by atoms with Crippen LogP contribution in [0.1, 0.15) is 58.3 Å². The summed E-state index contributed by atoms with van der Waals surface area (Å²) >= 11 is 0. The standard InChI is InChI=1S/C23H31N3O3/c1-3-4-5-6-7-8-9-10-15-29-19-12-14-22(23(27)17-19)26-24-20-13-11-18(28-2)16-21(20)25-26/h11-14,16-17,27H,3-10,15H2,1-2H3. The second kappa shape index (κ2) is 10.7. The molecule has 0 bridgehead atoms. The van der Waals surface area contributed by atoms with Crippen LogP contribution >= 0.6 is 0 Å². The molecule has 0 aliphatic carbocycles. The Bertz CT molecular complexity index is 908. The molecule has 0 atom stereocenters. The third-order valence-corrected chi connectivity index (χ3v) is 5.02. The molecule has 0 radical (unpaired) electrons. The molecule has 0 saturated carbocycles. The number of benzene rings is 2. The van der Waals surface area contributed by atoms with Crippen LogP contribution in [-0.4, -0.2) is 33.8 Å². The van der Waals surface area contributed by atoms with E-state index in [2.05, 4.69) is 17.1 Å². The zero-order valence-corrected chi connectivity index (χ0v) is 17.4. The Morgan fingerprint density at radius 3 is 2.24 bits per heavy atom. The van der Waals surface area contributed by atoms with Crippen molar-refractivity contribution < 1.29 is 14.6 Å². The van der Waals surface area contributed by atoms with Gasteiger partial charge in [-0.1, -0.05) is 51.9 Å². The number of rotatable bonds is 12. The van der Waals surface area contributed by atoms with E-state index in [-0.39, 0.29) is 5.75 Å². The number of ether oxygens (including phenoxy) is 2. The number of phenols is 1. The van der Waals surface area contributed by atoms with Crippen LogP contribution in [0.25, 0.3) is 16.7 Å². The lowest BCUT2D eigenvalue weighted by molar-refractivity contribution is 0.302. The van der Waals surface area contributed by atoms with Gasteiger partial charge in [-0.25, -0.2) is 0 Å². The van der Waals surface area contributed by atoms with E-state index in [0.29, 0.717) is 23.6 Å². The van der Waals surface area contributed by atoms with Crippen LogP contribution in [0.15, 0.2) is 36.4 Å². The van der Waals surface area contributed by atoms with E-state index >= 15 is 0 Å². The van der Waals surface area contributed by atoms with Crippen molar-refractivity contribution in [2.45, 2.75) is 58.3 Å². The van der Waals surface area contributed by atoms with Crippen molar-refractivity contribution in [1.29, 1.82) is 0 Å². The monoisotopic (exact) mass is 397 g/mol. The Labute approximate surface area is 172 Å². The Hall–Kier alpha value is -2.76. The number of nitrogens with zero attached hydrogens (tertiary/aromatic N) is 3. The maximum absolute atomic E-state index is 10.4. The van der Waals surface area contributed by atoms with Gasteiger partial charge in [0.25, 0.3) is 0 Å². The lowest BCUT2D eigenvalue weighted by Gasteiger charge is -2.09. The molecular formula is C23H31N3O3. The summed E-state index contributed by atoms with van der Waals surface area (Å²) < 4.78 is 11.0. The van der Waals surface area contributed by atoms with Gasteiger partial charge in [0.15, 0.2) is 0 Å². The van der Waals surface area contributed by atoms with E-state index in [1.807, 2.05) is 24.3 Å². The van der Waals surface area contributed by atoms with Crippen LogP contribution in [-0.2, 0) is 0 Å². The first-order valence-electron chi connectivity index (χ1n) is 10.6. The molecule has 0 amide bonds. The maximum atomic E-state index is 10.4. The molecule has 3 aromatic rings. The van der Waals surface area contributed by atoms with Gasteiger partial charge < -0.3 is 14.6 Å². The normalized spacial score (nSPS) is 11.1. The SMILES string of the molecule is CCCCCCCCCCOc1ccc(-n2nc3ccc(OC)cc3n2)c(O)c1. The zero-order chi connectivity index (χ0) is 20.5. The van der Waals surface area contributed by atoms with Crippen molar-refractivity contribution >= 4 is 11.0 Å². The lowest BCUT2D eigenvalue weighted by Crippen LogP contribution is -2.01. The smallest absolute Gasteiger partial charge is 0.146 e. The molecule has 0 spiro atoms. The molecule has 2 aromatic carbocycles. The Morgan fingerprint density at radius 1 is 0.828 bits per heavy atom. The van der Waals surface area contributed by atoms with E-state index in [4.69, 9.17) is 9.47 Å². The molecule has 6 heteroatoms. The van der Waals surface area contributed by atoms with Crippen molar-refractivity contribution in [2.75, 3.05) is 13.7 Å². The molecule has 6 nitrogen and oxygen atoms in total. The number of methoxy groups -OCH3 is 1. The highest BCUT2D eigenvalue weighted by Gasteiger charge is 2.11. The van der Waals surface area contributed by atoms with E-state index in [1.54, 1.807) is 19.2 Å². The second-order valence-electron chi connectivity index (χ2n) is 7.32. The minimum atomic E-state index is 0.0886. The molecule has 0 aliphatic heterocycles. The fraction of sp³-hybridized carbons (Fsp3) is 0.478. The summed E-state index contributed by atoms with van der Waals surface area (Å²) in [6, 6.07) is 10.7. The van der Waals surface area contributed by atoms with Gasteiger partial charge in [0.1, 0.15) is 34.0 Å². The fourth-order valence-electron chi connectivity index (χ4n) is 3.32. The Kier molecular flexibility index (Phi) is 7.73. The van der Waals surface area contributed by atoms with Gasteiger partial charge in [0.05, 0.1) is 13.7 Å². The highest BCUT2D eigenvalue weighted by molar-refractivity contribution is 5.75. The number of phenolic OH excluding ortho intramolecular Hbond substituents is 1. The second-order valence-corrected chi connectivity index (χ2v) is 7.32. The van der Waals surface area contributed by atoms with E-state index in [9.17, 15) is 5.11 Å². The third kappa shape index (κ3) is 5.86. The van der Waals surface area contributed by atoms with Gasteiger partial charge in [-0.05, 0) is 30.7 Å². The van der Waals surface area contributed by atoms with Gasteiger partial charge in [0.2, 0.25) is 0 Å². The molecule has 3 rings (SSSR count). The first-order valence-corrected chi connectivity index (χ1v) is 10.6. The summed E-state index contributed by atoms with van der Waals surface area (Å²) in [4.78, 5) is 1.43. The molecule has 1 aromatic heterocycles. The maximum Gasteiger partial charge on any atom is 0.146 e. The minimum Gasteiger partial charge on any atom is -0.505 e. The lowest BCUT2D eigenvalue weighted by atomic mass is 10.1. The van der Waals surface area contributed by atoms with Gasteiger partial charge in [-0.2, -0.15) is 0 Å². The van der Waals surface area contributed by atoms with E-state index in [0.717, 1.165) is 17.7 Å². The van der Waals surface area contributed by atoms with E-state index < -0.39 is 0 Å². The number of fused-ring (bicyclic) bond motifs is 1. The average molecular weight is 398 g/mol. The number of hydrogen-bond donors (Lipinski definition) is 1. The number of aromatic nitrogens is 3. The van der Waals surface area contributed by atoms with Crippen molar-refractivity contribution in [3.63, 3.8) is 0 Å². The summed E-state index contributed by atoms with van der Waals surface area (Å²) in [5.74, 6) is 1.47. The van der Waals surface area contributed by atoms with Crippen LogP contribution in [0.4, 0.5) is 0 Å². The van der Waals surface area contributed by atoms with Crippen LogP contribution < -0.4 is 9.47 Å². The molecule has 0 saturated heterocycles. The topological polar surface area (TPSA) is 69.4 Å². The van der Waals surface area contributed by atoms with Crippen molar-refractivity contribution in [3.8, 4) is 22.9 Å². The average Bonchev–Trinajstić information content (AvgIpc) is 3.15. The summed E-state index contributed by atoms with van der Waals surface area (Å²) in [5, 5.41) is 19.3. The number of aromatic hydroxyl groups is 1. The van der Waals surface area contributed by atoms with E-state index in [1.165, 1.54) is 49.7 Å². The summed E-state index contributed by atoms with van der Waals surface area (Å²) in [7, 11) is 1.61. The summed E-state index contributed by atoms with van der Waals surface area (Å²) in [5.41, 5.74) is 1.96. The Morgan fingerprint density at radius 2 is 1.52 bits per heavy atom. The highest BCUT2D eigenvalue weighted by Crippen LogP contribution is 2.27. The van der Waals surface area contributed by atoms with Crippen LogP contribution in [0, 0.1) is 0 Å². The molecule has 1 N–H and O–H groups in total. The Balaban J connectivity index is 1.50. The number of unbranched alkanes of at least 4 members (excludes halogenated alkanes) is 7. The molecule has 156 valence electrons. The van der Waals surface area contributed by atoms with Crippen LogP contribution in [0.5, 0.6) is 17.2 Å². The zero-order valence-electron chi connectivity index (χ0n) is 17.4. The van der Waals surface area contributed by atoms with Gasteiger partial charge in [-0.15, -0.1) is 15.0 Å². The molecule has 0 aliphatic rings. The van der Waals surface area contributed by atoms with Gasteiger partial charge in [-0.3, -0.25) is 0 Å². The van der Waals surface area contributed by atoms with Crippen molar-refractivity contribution in [1.82, 2.24) is 15.0 Å². The molecule has 0 unspecified atom stereocenters. The van der Waals surface area contributed by atoms with Crippen molar-refractivity contribution in [2.24, 2.45) is 0 Å². The highest BCUT2D eigenvalue weighted by atomic mass is 16.5. The van der Waals surface area contributed by atoms with Gasteiger partial charge in [0, 0.05) is 12.1 Å². The van der Waals surface area contributed by atoms with Gasteiger partial charge >= 0.3 is 0 Å². The third-order valence-electron chi connectivity index (χ3n) is 5.02. The summed E-state index contributed by atoms with van der Waals surface area (Å²) in [6.45, 7) is 2.91. The molecular weight excluding hydrogens is 366 g/mol. The minimum absolute atomic E-state index is 0.0886. The largest absolute Gasteiger partial charge is 0.505 e. The molecule has 1 heterocycles. The molecule has 29 heavy (non-hydrogen) atoms. The molecule has 0 fully saturated rings. The van der Waals surface area contributed by atoms with Crippen LogP contribution in [0.2, 0.25) is 0 Å². The fourth-order valence-corrected chi connectivity index (χ4v) is 3.32.